The maximum atomic E-state index is 13.0. The summed E-state index contributed by atoms with van der Waals surface area (Å²) >= 11 is 0. The van der Waals surface area contributed by atoms with E-state index >= 15 is 0 Å². The summed E-state index contributed by atoms with van der Waals surface area (Å²) in [5, 5.41) is 6.37. The second-order valence-electron chi connectivity index (χ2n) is 10.8. The van der Waals surface area contributed by atoms with Crippen molar-refractivity contribution in [2.24, 2.45) is 23.2 Å². The molecular weight excluding hydrogens is 372 g/mol. The van der Waals surface area contributed by atoms with Crippen LogP contribution in [0.3, 0.4) is 0 Å². The number of nitrogens with one attached hydrogen (secondary N) is 2. The Morgan fingerprint density at radius 1 is 0.900 bits per heavy atom. The molecule has 0 heterocycles. The van der Waals surface area contributed by atoms with Crippen molar-refractivity contribution in [3.05, 3.63) is 35.9 Å². The lowest BCUT2D eigenvalue weighted by Gasteiger charge is -2.55. The maximum absolute atomic E-state index is 13.0. The Morgan fingerprint density at radius 3 is 2.10 bits per heavy atom. The fourth-order valence-corrected chi connectivity index (χ4v) is 7.35. The van der Waals surface area contributed by atoms with E-state index in [4.69, 9.17) is 0 Å². The third-order valence-electron chi connectivity index (χ3n) is 8.71. The summed E-state index contributed by atoms with van der Waals surface area (Å²) in [6.07, 6.45) is 12.1. The van der Waals surface area contributed by atoms with Gasteiger partial charge in [-0.15, -0.1) is 0 Å². The Balaban J connectivity index is 1.05. The molecule has 0 spiro atoms. The fourth-order valence-electron chi connectivity index (χ4n) is 7.35. The van der Waals surface area contributed by atoms with E-state index in [9.17, 15) is 9.59 Å². The SMILES string of the molecule is O=C(CCCNC(=O)C12CC3CC(CC(C3)C1)C2)NCC1(c2ccccc2)CCC1. The standard InChI is InChI=1S/C26H36N2O2/c29-23(28-18-25(9-5-10-25)22-6-2-1-3-7-22)8-4-11-27-24(30)26-15-19-12-20(16-26)14-21(13-19)17-26/h1-3,6-7,19-21H,4-5,8-18H2,(H,27,30)(H,28,29). The van der Waals surface area contributed by atoms with Gasteiger partial charge in [0.2, 0.25) is 11.8 Å². The summed E-state index contributed by atoms with van der Waals surface area (Å²) in [4.78, 5) is 25.4. The fraction of sp³-hybridized carbons (Fsp3) is 0.692. The Bertz CT molecular complexity index is 748. The number of carbonyl (C=O) groups is 2. The highest BCUT2D eigenvalue weighted by molar-refractivity contribution is 5.83. The molecule has 4 bridgehead atoms. The van der Waals surface area contributed by atoms with Crippen LogP contribution in [0.25, 0.3) is 0 Å². The summed E-state index contributed by atoms with van der Waals surface area (Å²) in [6.45, 7) is 1.35. The van der Waals surface area contributed by atoms with E-state index in [2.05, 4.69) is 34.9 Å². The number of rotatable bonds is 8. The van der Waals surface area contributed by atoms with Crippen molar-refractivity contribution in [3.8, 4) is 0 Å². The first-order valence-electron chi connectivity index (χ1n) is 12.2. The van der Waals surface area contributed by atoms with E-state index in [1.165, 1.54) is 31.2 Å². The molecule has 0 aliphatic heterocycles. The number of hydrogen-bond acceptors (Lipinski definition) is 2. The van der Waals surface area contributed by atoms with Gasteiger partial charge in [0.05, 0.1) is 0 Å². The summed E-state index contributed by atoms with van der Waals surface area (Å²) in [5.41, 5.74) is 1.40. The second kappa shape index (κ2) is 8.01. The Morgan fingerprint density at radius 2 is 1.53 bits per heavy atom. The molecule has 6 rings (SSSR count). The van der Waals surface area contributed by atoms with Crippen molar-refractivity contribution in [2.75, 3.05) is 13.1 Å². The first kappa shape index (κ1) is 20.1. The predicted octanol–water partition coefficient (Wildman–Crippen LogP) is 4.34. The summed E-state index contributed by atoms with van der Waals surface area (Å²) in [7, 11) is 0. The van der Waals surface area contributed by atoms with Crippen LogP contribution in [0.5, 0.6) is 0 Å². The average molecular weight is 409 g/mol. The zero-order chi connectivity index (χ0) is 20.6. The third-order valence-corrected chi connectivity index (χ3v) is 8.71. The van der Waals surface area contributed by atoms with Crippen molar-refractivity contribution in [3.63, 3.8) is 0 Å². The Labute approximate surface area is 180 Å². The second-order valence-corrected chi connectivity index (χ2v) is 10.8. The van der Waals surface area contributed by atoms with Crippen LogP contribution in [0, 0.1) is 23.2 Å². The summed E-state index contributed by atoms with van der Waals surface area (Å²) in [6, 6.07) is 10.6. The van der Waals surface area contributed by atoms with Gasteiger partial charge in [-0.25, -0.2) is 0 Å². The molecular formula is C26H36N2O2. The molecule has 0 atom stereocenters. The van der Waals surface area contributed by atoms with E-state index in [0.29, 0.717) is 13.0 Å². The third kappa shape index (κ3) is 3.78. The van der Waals surface area contributed by atoms with Crippen molar-refractivity contribution in [1.82, 2.24) is 10.6 Å². The number of benzene rings is 1. The molecule has 0 unspecified atom stereocenters. The van der Waals surface area contributed by atoms with Gasteiger partial charge in [0.15, 0.2) is 0 Å². The van der Waals surface area contributed by atoms with E-state index in [-0.39, 0.29) is 22.6 Å². The van der Waals surface area contributed by atoms with Crippen molar-refractivity contribution in [2.45, 2.75) is 76.0 Å². The maximum Gasteiger partial charge on any atom is 0.226 e. The molecule has 5 fully saturated rings. The first-order valence-corrected chi connectivity index (χ1v) is 12.2. The lowest BCUT2D eigenvalue weighted by Crippen LogP contribution is -2.53. The number of hydrogen-bond donors (Lipinski definition) is 2. The summed E-state index contributed by atoms with van der Waals surface area (Å²) in [5.74, 6) is 2.75. The van der Waals surface area contributed by atoms with Gasteiger partial charge in [0, 0.05) is 30.3 Å². The number of amides is 2. The van der Waals surface area contributed by atoms with Crippen LogP contribution in [0.15, 0.2) is 30.3 Å². The van der Waals surface area contributed by atoms with Crippen LogP contribution in [0.4, 0.5) is 0 Å². The lowest BCUT2D eigenvalue weighted by atomic mass is 9.49. The minimum absolute atomic E-state index is 0.0801. The Hall–Kier alpha value is -1.84. The minimum Gasteiger partial charge on any atom is -0.356 e. The molecule has 2 amide bonds. The largest absolute Gasteiger partial charge is 0.356 e. The van der Waals surface area contributed by atoms with E-state index in [1.807, 2.05) is 6.07 Å². The van der Waals surface area contributed by atoms with Crippen LogP contribution in [-0.4, -0.2) is 24.9 Å². The van der Waals surface area contributed by atoms with Crippen molar-refractivity contribution in [1.29, 1.82) is 0 Å². The molecule has 5 aliphatic carbocycles. The molecule has 30 heavy (non-hydrogen) atoms. The Kier molecular flexibility index (Phi) is 5.37. The van der Waals surface area contributed by atoms with E-state index in [0.717, 1.165) is 62.8 Å². The molecule has 0 aromatic heterocycles. The quantitative estimate of drug-likeness (QED) is 0.629. The molecule has 4 heteroatoms. The van der Waals surface area contributed by atoms with Gasteiger partial charge >= 0.3 is 0 Å². The van der Waals surface area contributed by atoms with Crippen LogP contribution >= 0.6 is 0 Å². The molecule has 1 aromatic carbocycles. The highest BCUT2D eigenvalue weighted by Gasteiger charge is 2.54. The van der Waals surface area contributed by atoms with Crippen LogP contribution in [0.2, 0.25) is 0 Å². The van der Waals surface area contributed by atoms with Gasteiger partial charge in [0.25, 0.3) is 0 Å². The topological polar surface area (TPSA) is 58.2 Å². The minimum atomic E-state index is -0.0801. The van der Waals surface area contributed by atoms with Crippen molar-refractivity contribution < 1.29 is 9.59 Å². The number of carbonyl (C=O) groups excluding carboxylic acids is 2. The monoisotopic (exact) mass is 408 g/mol. The molecule has 5 saturated carbocycles. The molecule has 4 nitrogen and oxygen atoms in total. The lowest BCUT2D eigenvalue weighted by molar-refractivity contribution is -0.146. The van der Waals surface area contributed by atoms with E-state index < -0.39 is 0 Å². The van der Waals surface area contributed by atoms with Gasteiger partial charge in [-0.05, 0) is 81.1 Å². The highest BCUT2D eigenvalue weighted by Crippen LogP contribution is 2.60. The van der Waals surface area contributed by atoms with Gasteiger partial charge in [-0.3, -0.25) is 9.59 Å². The van der Waals surface area contributed by atoms with Crippen LogP contribution in [0.1, 0.15) is 76.2 Å². The van der Waals surface area contributed by atoms with Gasteiger partial charge in [-0.2, -0.15) is 0 Å². The van der Waals surface area contributed by atoms with Gasteiger partial charge in [0.1, 0.15) is 0 Å². The molecule has 2 N–H and O–H groups in total. The smallest absolute Gasteiger partial charge is 0.226 e. The van der Waals surface area contributed by atoms with Crippen molar-refractivity contribution >= 4 is 11.8 Å². The average Bonchev–Trinajstić information content (AvgIpc) is 2.70. The zero-order valence-corrected chi connectivity index (χ0v) is 18.1. The molecule has 1 aromatic rings. The predicted molar refractivity (Wildman–Crippen MR) is 118 cm³/mol. The van der Waals surface area contributed by atoms with E-state index in [1.54, 1.807) is 0 Å². The molecule has 162 valence electrons. The summed E-state index contributed by atoms with van der Waals surface area (Å²) < 4.78 is 0. The molecule has 0 radical (unpaired) electrons. The van der Waals surface area contributed by atoms with Crippen LogP contribution < -0.4 is 10.6 Å². The van der Waals surface area contributed by atoms with Crippen LogP contribution in [-0.2, 0) is 15.0 Å². The first-order chi connectivity index (χ1) is 14.6. The molecule has 0 saturated heterocycles. The zero-order valence-electron chi connectivity index (χ0n) is 18.1. The highest BCUT2D eigenvalue weighted by atomic mass is 16.2. The normalized spacial score (nSPS) is 33.0. The molecule has 5 aliphatic rings. The van der Waals surface area contributed by atoms with Gasteiger partial charge in [-0.1, -0.05) is 36.8 Å². The van der Waals surface area contributed by atoms with Gasteiger partial charge < -0.3 is 10.6 Å².